The van der Waals surface area contributed by atoms with Crippen molar-refractivity contribution in [1.82, 2.24) is 0 Å². The largest absolute Gasteiger partial charge is 0.310 e. The van der Waals surface area contributed by atoms with E-state index in [9.17, 15) is 4.57 Å². The first-order valence-corrected chi connectivity index (χ1v) is 6.09. The molecule has 1 heterocycles. The summed E-state index contributed by atoms with van der Waals surface area (Å²) in [7, 11) is -2.30. The fourth-order valence-corrected chi connectivity index (χ4v) is 3.12. The maximum atomic E-state index is 12.2. The second kappa shape index (κ2) is 3.01. The van der Waals surface area contributed by atoms with Gasteiger partial charge < -0.3 is 4.57 Å². The molecule has 0 fully saturated rings. The van der Waals surface area contributed by atoms with Crippen LogP contribution in [0.15, 0.2) is 48.1 Å². The van der Waals surface area contributed by atoms with Crippen molar-refractivity contribution in [3.63, 3.8) is 0 Å². The third-order valence-corrected chi connectivity index (χ3v) is 4.50. The van der Waals surface area contributed by atoms with Crippen molar-refractivity contribution in [3.8, 4) is 0 Å². The van der Waals surface area contributed by atoms with E-state index < -0.39 is 7.14 Å². The summed E-state index contributed by atoms with van der Waals surface area (Å²) in [6.45, 7) is 2.03. The monoisotopic (exact) mass is 190 g/mol. The molecule has 0 aliphatic carbocycles. The van der Waals surface area contributed by atoms with Gasteiger partial charge in [0.05, 0.1) is 0 Å². The van der Waals surface area contributed by atoms with E-state index in [2.05, 4.69) is 0 Å². The predicted octanol–water partition coefficient (Wildman–Crippen LogP) is 3.02. The molecule has 1 nitrogen and oxygen atoms in total. The number of benzene rings is 1. The average Bonchev–Trinajstić information content (AvgIpc) is 2.54. The lowest BCUT2D eigenvalue weighted by molar-refractivity contribution is 0.592. The van der Waals surface area contributed by atoms with Crippen molar-refractivity contribution < 1.29 is 4.57 Å². The summed E-state index contributed by atoms with van der Waals surface area (Å²) in [5.74, 6) is 3.58. The first kappa shape index (κ1) is 8.52. The first-order valence-electron chi connectivity index (χ1n) is 4.24. The van der Waals surface area contributed by atoms with Crippen LogP contribution in [0.5, 0.6) is 0 Å². The molecule has 2 heteroatoms. The van der Waals surface area contributed by atoms with Crippen LogP contribution in [0.1, 0.15) is 5.56 Å². The summed E-state index contributed by atoms with van der Waals surface area (Å²) in [6, 6.07) is 7.87. The smallest absolute Gasteiger partial charge is 0.157 e. The lowest BCUT2D eigenvalue weighted by Crippen LogP contribution is -1.99. The molecule has 0 N–H and O–H groups in total. The molecule has 0 atom stereocenters. The minimum Gasteiger partial charge on any atom is -0.310 e. The first-order chi connectivity index (χ1) is 6.21. The maximum Gasteiger partial charge on any atom is 0.157 e. The molecule has 0 amide bonds. The van der Waals surface area contributed by atoms with E-state index >= 15 is 0 Å². The molecule has 2 rings (SSSR count). The van der Waals surface area contributed by atoms with E-state index in [1.54, 1.807) is 11.6 Å². The summed E-state index contributed by atoms with van der Waals surface area (Å²) in [5.41, 5.74) is 1.20. The molecule has 1 aromatic carbocycles. The lowest BCUT2D eigenvalue weighted by Gasteiger charge is -2.06. The normalized spacial score (nSPS) is 17.9. The molecule has 66 valence electrons. The second-order valence-corrected chi connectivity index (χ2v) is 5.76. The molecule has 1 aromatic rings. The van der Waals surface area contributed by atoms with Crippen LogP contribution in [-0.2, 0) is 4.57 Å². The van der Waals surface area contributed by atoms with Crippen LogP contribution in [0.4, 0.5) is 0 Å². The van der Waals surface area contributed by atoms with Crippen molar-refractivity contribution in [2.24, 2.45) is 0 Å². The Bertz CT molecular complexity index is 396. The highest BCUT2D eigenvalue weighted by molar-refractivity contribution is 7.77. The fourth-order valence-electron chi connectivity index (χ4n) is 1.35. The van der Waals surface area contributed by atoms with Crippen LogP contribution in [0.2, 0.25) is 0 Å². The number of hydrogen-bond donors (Lipinski definition) is 0. The minimum atomic E-state index is -2.30. The number of allylic oxidation sites excluding steroid dienone is 2. The van der Waals surface area contributed by atoms with Gasteiger partial charge in [-0.2, -0.15) is 0 Å². The van der Waals surface area contributed by atoms with Crippen molar-refractivity contribution in [2.75, 3.05) is 0 Å². The van der Waals surface area contributed by atoms with Gasteiger partial charge in [-0.3, -0.25) is 0 Å². The minimum absolute atomic E-state index is 0.920. The van der Waals surface area contributed by atoms with Crippen molar-refractivity contribution in [1.29, 1.82) is 0 Å². The van der Waals surface area contributed by atoms with E-state index in [4.69, 9.17) is 0 Å². The zero-order valence-electron chi connectivity index (χ0n) is 7.47. The van der Waals surface area contributed by atoms with Crippen LogP contribution >= 0.6 is 7.14 Å². The van der Waals surface area contributed by atoms with Crippen molar-refractivity contribution in [2.45, 2.75) is 6.92 Å². The Morgan fingerprint density at radius 1 is 1.00 bits per heavy atom. The van der Waals surface area contributed by atoms with E-state index in [-0.39, 0.29) is 0 Å². The quantitative estimate of drug-likeness (QED) is 0.622. The topological polar surface area (TPSA) is 17.1 Å². The van der Waals surface area contributed by atoms with Gasteiger partial charge in [0.1, 0.15) is 0 Å². The van der Waals surface area contributed by atoms with Gasteiger partial charge in [-0.1, -0.05) is 42.0 Å². The predicted molar refractivity (Wildman–Crippen MR) is 56.7 cm³/mol. The summed E-state index contributed by atoms with van der Waals surface area (Å²) in [4.78, 5) is 0. The highest BCUT2D eigenvalue weighted by atomic mass is 31.2. The number of aryl methyl sites for hydroxylation is 1. The molecule has 0 spiro atoms. The van der Waals surface area contributed by atoms with Crippen LogP contribution in [0.3, 0.4) is 0 Å². The third-order valence-electron chi connectivity index (χ3n) is 2.16. The Hall–Kier alpha value is -1.07. The average molecular weight is 190 g/mol. The van der Waals surface area contributed by atoms with E-state index in [1.165, 1.54) is 5.56 Å². The van der Waals surface area contributed by atoms with E-state index in [1.807, 2.05) is 43.3 Å². The molecule has 1 aliphatic heterocycles. The fraction of sp³-hybridized carbons (Fsp3) is 0.0909. The second-order valence-electron chi connectivity index (χ2n) is 3.23. The number of rotatable bonds is 1. The number of hydrogen-bond acceptors (Lipinski definition) is 1. The zero-order chi connectivity index (χ0) is 9.31. The van der Waals surface area contributed by atoms with Crippen LogP contribution < -0.4 is 5.30 Å². The molecule has 0 saturated heterocycles. The van der Waals surface area contributed by atoms with Gasteiger partial charge in [-0.15, -0.1) is 0 Å². The highest BCUT2D eigenvalue weighted by Gasteiger charge is 2.19. The van der Waals surface area contributed by atoms with Gasteiger partial charge in [0.15, 0.2) is 7.14 Å². The van der Waals surface area contributed by atoms with Crippen LogP contribution in [0.25, 0.3) is 0 Å². The molecular formula is C11H11OP. The van der Waals surface area contributed by atoms with Gasteiger partial charge in [-0.25, -0.2) is 0 Å². The Morgan fingerprint density at radius 2 is 1.54 bits per heavy atom. The van der Waals surface area contributed by atoms with E-state index in [0.29, 0.717) is 0 Å². The highest BCUT2D eigenvalue weighted by Crippen LogP contribution is 2.50. The third kappa shape index (κ3) is 1.52. The van der Waals surface area contributed by atoms with Crippen molar-refractivity contribution >= 4 is 12.4 Å². The van der Waals surface area contributed by atoms with Gasteiger partial charge in [0.25, 0.3) is 0 Å². The van der Waals surface area contributed by atoms with Gasteiger partial charge >= 0.3 is 0 Å². The summed E-state index contributed by atoms with van der Waals surface area (Å²) in [5, 5.41) is 0.920. The Labute approximate surface area is 78.2 Å². The van der Waals surface area contributed by atoms with E-state index in [0.717, 1.165) is 5.30 Å². The molecule has 0 radical (unpaired) electrons. The van der Waals surface area contributed by atoms with Crippen LogP contribution in [0, 0.1) is 6.92 Å². The maximum absolute atomic E-state index is 12.2. The van der Waals surface area contributed by atoms with Gasteiger partial charge in [0.2, 0.25) is 0 Å². The Kier molecular flexibility index (Phi) is 1.97. The van der Waals surface area contributed by atoms with Crippen LogP contribution in [-0.4, -0.2) is 0 Å². The summed E-state index contributed by atoms with van der Waals surface area (Å²) < 4.78 is 12.2. The molecule has 0 unspecified atom stereocenters. The molecule has 1 aliphatic rings. The molecule has 0 bridgehead atoms. The van der Waals surface area contributed by atoms with Crippen molar-refractivity contribution in [3.05, 3.63) is 53.6 Å². The summed E-state index contributed by atoms with van der Waals surface area (Å²) >= 11 is 0. The zero-order valence-corrected chi connectivity index (χ0v) is 8.37. The molecule has 0 saturated carbocycles. The SMILES string of the molecule is Cc1ccc(P2(=O)C=CC=C2)cc1. The summed E-state index contributed by atoms with van der Waals surface area (Å²) in [6.07, 6.45) is 3.70. The molecule has 0 aromatic heterocycles. The lowest BCUT2D eigenvalue weighted by atomic mass is 10.2. The Morgan fingerprint density at radius 3 is 2.08 bits per heavy atom. The van der Waals surface area contributed by atoms with Gasteiger partial charge in [-0.05, 0) is 18.6 Å². The molecule has 13 heavy (non-hydrogen) atoms. The molecular weight excluding hydrogens is 179 g/mol. The van der Waals surface area contributed by atoms with Gasteiger partial charge in [0, 0.05) is 5.30 Å². The standard InChI is InChI=1S/C11H11OP/c1-10-4-6-11(7-5-10)13(12)8-2-3-9-13/h2-9H,1H3. The Balaban J connectivity index is 2.47.